The van der Waals surface area contributed by atoms with Gasteiger partial charge >= 0.3 is 5.97 Å². The zero-order chi connectivity index (χ0) is 13.0. The summed E-state index contributed by atoms with van der Waals surface area (Å²) in [5.74, 6) is -0.502. The molecule has 18 heavy (non-hydrogen) atoms. The lowest BCUT2D eigenvalue weighted by Gasteiger charge is -2.32. The van der Waals surface area contributed by atoms with Crippen LogP contribution in [0.2, 0.25) is 0 Å². The number of likely N-dealkylation sites (tertiary alicyclic amines) is 1. The first kappa shape index (κ1) is 13.5. The molecule has 0 bridgehead atoms. The first-order chi connectivity index (χ1) is 8.70. The van der Waals surface area contributed by atoms with Crippen LogP contribution in [0.4, 0.5) is 0 Å². The van der Waals surface area contributed by atoms with Gasteiger partial charge in [-0.1, -0.05) is 0 Å². The summed E-state index contributed by atoms with van der Waals surface area (Å²) in [7, 11) is 1.31. The number of hydrogen-bond donors (Lipinski definition) is 1. The van der Waals surface area contributed by atoms with Crippen molar-refractivity contribution >= 4 is 17.3 Å². The van der Waals surface area contributed by atoms with Crippen molar-refractivity contribution in [3.63, 3.8) is 0 Å². The Morgan fingerprint density at radius 2 is 2.39 bits per heavy atom. The minimum absolute atomic E-state index is 0.0185. The van der Waals surface area contributed by atoms with Gasteiger partial charge in [-0.3, -0.25) is 4.90 Å². The Morgan fingerprint density at radius 3 is 2.94 bits per heavy atom. The second-order valence-electron chi connectivity index (χ2n) is 4.51. The fraction of sp³-hybridized carbons (Fsp3) is 0.667. The standard InChI is InChI=1S/C12H18N2O3S/c1-17-12(16)11(15)9-2-5-14(6-3-9)8-10-13-4-7-18-10/h4,7,9,11,15H,2-3,5-6,8H2,1H3. The number of rotatable bonds is 4. The number of thiazole rings is 1. The van der Waals surface area contributed by atoms with Gasteiger partial charge in [0.25, 0.3) is 0 Å². The van der Waals surface area contributed by atoms with E-state index in [9.17, 15) is 9.90 Å². The summed E-state index contributed by atoms with van der Waals surface area (Å²) in [4.78, 5) is 17.8. The number of carbonyl (C=O) groups excluding carboxylic acids is 1. The molecule has 1 unspecified atom stereocenters. The second kappa shape index (κ2) is 6.26. The van der Waals surface area contributed by atoms with Crippen LogP contribution in [0.3, 0.4) is 0 Å². The molecule has 0 aromatic carbocycles. The molecule has 1 aliphatic heterocycles. The molecule has 0 saturated carbocycles. The van der Waals surface area contributed by atoms with Gasteiger partial charge < -0.3 is 9.84 Å². The van der Waals surface area contributed by atoms with E-state index < -0.39 is 12.1 Å². The van der Waals surface area contributed by atoms with E-state index in [-0.39, 0.29) is 5.92 Å². The van der Waals surface area contributed by atoms with Crippen molar-refractivity contribution in [2.24, 2.45) is 5.92 Å². The molecule has 0 amide bonds. The lowest BCUT2D eigenvalue weighted by molar-refractivity contribution is -0.154. The quantitative estimate of drug-likeness (QED) is 0.823. The van der Waals surface area contributed by atoms with Gasteiger partial charge in [-0.25, -0.2) is 9.78 Å². The highest BCUT2D eigenvalue weighted by Crippen LogP contribution is 2.23. The van der Waals surface area contributed by atoms with Crippen molar-refractivity contribution in [2.75, 3.05) is 20.2 Å². The molecule has 2 heterocycles. The molecule has 0 aliphatic carbocycles. The summed E-state index contributed by atoms with van der Waals surface area (Å²) in [6.07, 6.45) is 2.48. The van der Waals surface area contributed by atoms with Gasteiger partial charge in [0.05, 0.1) is 13.7 Å². The zero-order valence-corrected chi connectivity index (χ0v) is 11.2. The predicted molar refractivity (Wildman–Crippen MR) is 68.1 cm³/mol. The third-order valence-corrected chi connectivity index (χ3v) is 4.13. The predicted octanol–water partition coefficient (Wildman–Crippen LogP) is 0.889. The van der Waals surface area contributed by atoms with Crippen LogP contribution < -0.4 is 0 Å². The van der Waals surface area contributed by atoms with E-state index in [1.165, 1.54) is 7.11 Å². The fourth-order valence-corrected chi connectivity index (χ4v) is 2.92. The summed E-state index contributed by atoms with van der Waals surface area (Å²) < 4.78 is 4.57. The molecular formula is C12H18N2O3S. The van der Waals surface area contributed by atoms with E-state index >= 15 is 0 Å². The molecule has 2 rings (SSSR count). The molecule has 0 spiro atoms. The van der Waals surface area contributed by atoms with Gasteiger partial charge in [-0.05, 0) is 31.8 Å². The van der Waals surface area contributed by atoms with Gasteiger partial charge in [-0.15, -0.1) is 11.3 Å². The maximum Gasteiger partial charge on any atom is 0.334 e. The molecule has 5 nitrogen and oxygen atoms in total. The molecular weight excluding hydrogens is 252 g/mol. The molecule has 6 heteroatoms. The van der Waals surface area contributed by atoms with Crippen molar-refractivity contribution in [3.05, 3.63) is 16.6 Å². The molecule has 100 valence electrons. The Hall–Kier alpha value is -0.980. The number of aromatic nitrogens is 1. The summed E-state index contributed by atoms with van der Waals surface area (Å²) >= 11 is 1.66. The Bertz CT molecular complexity index is 375. The Labute approximate surface area is 110 Å². The lowest BCUT2D eigenvalue weighted by atomic mass is 9.91. The number of aliphatic hydroxyl groups is 1. The van der Waals surface area contributed by atoms with E-state index in [0.29, 0.717) is 0 Å². The number of ether oxygens (including phenoxy) is 1. The highest BCUT2D eigenvalue weighted by Gasteiger charge is 2.30. The van der Waals surface area contributed by atoms with Gasteiger partial charge in [0.15, 0.2) is 6.10 Å². The van der Waals surface area contributed by atoms with Crippen LogP contribution in [0.5, 0.6) is 0 Å². The third-order valence-electron chi connectivity index (χ3n) is 3.36. The van der Waals surface area contributed by atoms with Crippen LogP contribution in [0.1, 0.15) is 17.8 Å². The second-order valence-corrected chi connectivity index (χ2v) is 5.49. The van der Waals surface area contributed by atoms with Crippen molar-refractivity contribution in [1.29, 1.82) is 0 Å². The largest absolute Gasteiger partial charge is 0.467 e. The van der Waals surface area contributed by atoms with Gasteiger partial charge in [0, 0.05) is 11.6 Å². The first-order valence-corrected chi connectivity index (χ1v) is 6.95. The monoisotopic (exact) mass is 270 g/mol. The number of hydrogen-bond acceptors (Lipinski definition) is 6. The van der Waals surface area contributed by atoms with Crippen molar-refractivity contribution in [1.82, 2.24) is 9.88 Å². The van der Waals surface area contributed by atoms with Crippen LogP contribution in [-0.4, -0.2) is 47.3 Å². The third kappa shape index (κ3) is 3.28. The number of piperidine rings is 1. The minimum Gasteiger partial charge on any atom is -0.467 e. The van der Waals surface area contributed by atoms with E-state index in [1.807, 2.05) is 11.6 Å². The van der Waals surface area contributed by atoms with Crippen LogP contribution in [0.15, 0.2) is 11.6 Å². The average molecular weight is 270 g/mol. The van der Waals surface area contributed by atoms with Crippen LogP contribution in [0.25, 0.3) is 0 Å². The normalized spacial score (nSPS) is 19.7. The molecule has 1 aromatic rings. The summed E-state index contributed by atoms with van der Waals surface area (Å²) in [6.45, 7) is 2.63. The molecule has 1 N–H and O–H groups in total. The maximum absolute atomic E-state index is 11.3. The van der Waals surface area contributed by atoms with Crippen molar-refractivity contribution in [2.45, 2.75) is 25.5 Å². The van der Waals surface area contributed by atoms with Crippen molar-refractivity contribution in [3.8, 4) is 0 Å². The number of nitrogens with zero attached hydrogens (tertiary/aromatic N) is 2. The molecule has 1 atom stereocenters. The van der Waals surface area contributed by atoms with Crippen LogP contribution >= 0.6 is 11.3 Å². The number of carbonyl (C=O) groups is 1. The Kier molecular flexibility index (Phi) is 4.68. The molecule has 1 aromatic heterocycles. The molecule has 1 fully saturated rings. The first-order valence-electron chi connectivity index (χ1n) is 6.07. The summed E-state index contributed by atoms with van der Waals surface area (Å²) in [6, 6.07) is 0. The van der Waals surface area contributed by atoms with Gasteiger partial charge in [0.2, 0.25) is 0 Å². The van der Waals surface area contributed by atoms with E-state index in [1.54, 1.807) is 11.3 Å². The minimum atomic E-state index is -0.975. The smallest absolute Gasteiger partial charge is 0.334 e. The van der Waals surface area contributed by atoms with Gasteiger partial charge in [0.1, 0.15) is 5.01 Å². The fourth-order valence-electron chi connectivity index (χ4n) is 2.26. The topological polar surface area (TPSA) is 62.7 Å². The summed E-state index contributed by atoms with van der Waals surface area (Å²) in [5, 5.41) is 12.9. The number of aliphatic hydroxyl groups excluding tert-OH is 1. The Morgan fingerprint density at radius 1 is 1.67 bits per heavy atom. The lowest BCUT2D eigenvalue weighted by Crippen LogP contribution is -2.40. The zero-order valence-electron chi connectivity index (χ0n) is 10.4. The van der Waals surface area contributed by atoms with E-state index in [2.05, 4.69) is 14.6 Å². The number of methoxy groups -OCH3 is 1. The highest BCUT2D eigenvalue weighted by molar-refractivity contribution is 7.09. The molecule has 1 aliphatic rings. The molecule has 1 saturated heterocycles. The Balaban J connectivity index is 1.79. The number of esters is 1. The van der Waals surface area contributed by atoms with Gasteiger partial charge in [-0.2, -0.15) is 0 Å². The van der Waals surface area contributed by atoms with E-state index in [0.717, 1.165) is 37.5 Å². The van der Waals surface area contributed by atoms with Crippen LogP contribution in [0, 0.1) is 5.92 Å². The summed E-state index contributed by atoms with van der Waals surface area (Å²) in [5.41, 5.74) is 0. The maximum atomic E-state index is 11.3. The van der Waals surface area contributed by atoms with Crippen molar-refractivity contribution < 1.29 is 14.6 Å². The SMILES string of the molecule is COC(=O)C(O)C1CCN(Cc2nccs2)CC1. The average Bonchev–Trinajstić information content (AvgIpc) is 2.91. The molecule has 0 radical (unpaired) electrons. The van der Waals surface area contributed by atoms with E-state index in [4.69, 9.17) is 0 Å². The van der Waals surface area contributed by atoms with Crippen LogP contribution in [-0.2, 0) is 16.1 Å². The highest BCUT2D eigenvalue weighted by atomic mass is 32.1.